The molecule has 6 heteroatoms. The summed E-state index contributed by atoms with van der Waals surface area (Å²) in [5.41, 5.74) is 6.97. The van der Waals surface area contributed by atoms with Gasteiger partial charge in [0.2, 0.25) is 5.43 Å². The monoisotopic (exact) mass is 329 g/mol. The third-order valence-corrected chi connectivity index (χ3v) is 5.58. The van der Waals surface area contributed by atoms with Crippen molar-refractivity contribution < 1.29 is 9.18 Å². The first-order chi connectivity index (χ1) is 11.5. The van der Waals surface area contributed by atoms with Crippen molar-refractivity contribution in [2.75, 3.05) is 13.1 Å². The Morgan fingerprint density at radius 2 is 2.12 bits per heavy atom. The summed E-state index contributed by atoms with van der Waals surface area (Å²) in [6, 6.07) is 2.69. The number of carbonyl (C=O) groups excluding carboxylic acids is 1. The zero-order valence-corrected chi connectivity index (χ0v) is 13.5. The molecule has 3 atom stereocenters. The maximum Gasteiger partial charge on any atom is 0.259 e. The Hall–Kier alpha value is -2.21. The summed E-state index contributed by atoms with van der Waals surface area (Å²) < 4.78 is 13.6. The van der Waals surface area contributed by atoms with E-state index in [1.165, 1.54) is 18.3 Å². The number of rotatable bonds is 1. The van der Waals surface area contributed by atoms with Gasteiger partial charge in [-0.25, -0.2) is 4.39 Å². The highest BCUT2D eigenvalue weighted by molar-refractivity contribution is 5.97. The standard InChI is InChI=1S/C18H20FN3O2/c1-9-4-11(19)5-12-16(9)21-6-13(17(12)23)18(24)22-7-10-2-3-15(20)14(10)8-22/h4-6,10,14-15H,2-3,7-8,20H2,1H3,(H,21,23). The molecular weight excluding hydrogens is 309 g/mol. The summed E-state index contributed by atoms with van der Waals surface area (Å²) in [6.45, 7) is 2.98. The molecule has 0 radical (unpaired) electrons. The minimum absolute atomic E-state index is 0.0704. The average Bonchev–Trinajstić information content (AvgIpc) is 3.10. The van der Waals surface area contributed by atoms with Crippen molar-refractivity contribution in [1.82, 2.24) is 9.88 Å². The second-order valence-electron chi connectivity index (χ2n) is 7.05. The van der Waals surface area contributed by atoms with Crippen LogP contribution in [0.2, 0.25) is 0 Å². The van der Waals surface area contributed by atoms with Gasteiger partial charge in [0, 0.05) is 30.7 Å². The summed E-state index contributed by atoms with van der Waals surface area (Å²) in [5, 5.41) is 0.217. The fourth-order valence-electron chi connectivity index (χ4n) is 4.27. The van der Waals surface area contributed by atoms with Gasteiger partial charge in [-0.05, 0) is 49.3 Å². The first kappa shape index (κ1) is 15.3. The van der Waals surface area contributed by atoms with Gasteiger partial charge in [0.15, 0.2) is 0 Å². The number of aryl methyl sites for hydroxylation is 1. The number of carbonyl (C=O) groups is 1. The lowest BCUT2D eigenvalue weighted by molar-refractivity contribution is 0.0778. The van der Waals surface area contributed by atoms with E-state index in [1.807, 2.05) is 0 Å². The highest BCUT2D eigenvalue weighted by atomic mass is 19.1. The number of nitrogens with zero attached hydrogens (tertiary/aromatic N) is 1. The van der Waals surface area contributed by atoms with Crippen molar-refractivity contribution in [1.29, 1.82) is 0 Å². The van der Waals surface area contributed by atoms with Crippen molar-refractivity contribution >= 4 is 16.8 Å². The van der Waals surface area contributed by atoms with Crippen LogP contribution in [0.3, 0.4) is 0 Å². The largest absolute Gasteiger partial charge is 0.360 e. The van der Waals surface area contributed by atoms with E-state index in [1.54, 1.807) is 11.8 Å². The molecule has 1 aliphatic heterocycles. The lowest BCUT2D eigenvalue weighted by Crippen LogP contribution is -2.35. The van der Waals surface area contributed by atoms with Crippen LogP contribution in [0.15, 0.2) is 23.1 Å². The van der Waals surface area contributed by atoms with Crippen LogP contribution < -0.4 is 11.2 Å². The maximum atomic E-state index is 13.6. The summed E-state index contributed by atoms with van der Waals surface area (Å²) >= 11 is 0. The molecule has 3 N–H and O–H groups in total. The number of H-pyrrole nitrogens is 1. The Labute approximate surface area is 138 Å². The normalized spacial score (nSPS) is 26.1. The maximum absolute atomic E-state index is 13.6. The number of hydrogen-bond acceptors (Lipinski definition) is 3. The lowest BCUT2D eigenvalue weighted by Gasteiger charge is -2.18. The van der Waals surface area contributed by atoms with Crippen LogP contribution in [0.25, 0.3) is 10.9 Å². The highest BCUT2D eigenvalue weighted by Gasteiger charge is 2.42. The molecule has 1 aromatic heterocycles. The number of halogens is 1. The van der Waals surface area contributed by atoms with Gasteiger partial charge in [0.1, 0.15) is 11.4 Å². The Morgan fingerprint density at radius 1 is 1.33 bits per heavy atom. The predicted molar refractivity (Wildman–Crippen MR) is 89.4 cm³/mol. The second kappa shape index (κ2) is 5.41. The van der Waals surface area contributed by atoms with E-state index < -0.39 is 11.2 Å². The molecule has 0 spiro atoms. The van der Waals surface area contributed by atoms with Crippen LogP contribution in [0.5, 0.6) is 0 Å². The highest BCUT2D eigenvalue weighted by Crippen LogP contribution is 2.37. The Balaban J connectivity index is 1.71. The van der Waals surface area contributed by atoms with Gasteiger partial charge in [-0.3, -0.25) is 9.59 Å². The van der Waals surface area contributed by atoms with Gasteiger partial charge in [-0.2, -0.15) is 0 Å². The van der Waals surface area contributed by atoms with Gasteiger partial charge < -0.3 is 15.6 Å². The molecule has 3 unspecified atom stereocenters. The fourth-order valence-corrected chi connectivity index (χ4v) is 4.27. The molecule has 1 aromatic carbocycles. The van der Waals surface area contributed by atoms with E-state index in [0.29, 0.717) is 36.0 Å². The van der Waals surface area contributed by atoms with Gasteiger partial charge in [-0.15, -0.1) is 0 Å². The second-order valence-corrected chi connectivity index (χ2v) is 7.05. The number of fused-ring (bicyclic) bond motifs is 2. The number of aromatic nitrogens is 1. The van der Waals surface area contributed by atoms with E-state index in [0.717, 1.165) is 12.8 Å². The number of hydrogen-bond donors (Lipinski definition) is 2. The summed E-state index contributed by atoms with van der Waals surface area (Å²) in [5.74, 6) is -0.00482. The van der Waals surface area contributed by atoms with Gasteiger partial charge in [0.25, 0.3) is 5.91 Å². The molecule has 24 heavy (non-hydrogen) atoms. The van der Waals surface area contributed by atoms with E-state index in [-0.39, 0.29) is 22.9 Å². The Bertz CT molecular complexity index is 892. The SMILES string of the molecule is Cc1cc(F)cc2c(=O)c(C(=O)N3CC4CCC(N)C4C3)c[nH]c12. The van der Waals surface area contributed by atoms with Crippen molar-refractivity contribution in [3.8, 4) is 0 Å². The van der Waals surface area contributed by atoms with Crippen LogP contribution in [-0.4, -0.2) is 34.9 Å². The van der Waals surface area contributed by atoms with Crippen molar-refractivity contribution in [2.24, 2.45) is 17.6 Å². The van der Waals surface area contributed by atoms with Crippen LogP contribution in [-0.2, 0) is 0 Å². The molecule has 1 aliphatic carbocycles. The Kier molecular flexibility index (Phi) is 3.46. The fraction of sp³-hybridized carbons (Fsp3) is 0.444. The number of nitrogens with two attached hydrogens (primary N) is 1. The van der Waals surface area contributed by atoms with Crippen LogP contribution >= 0.6 is 0 Å². The smallest absolute Gasteiger partial charge is 0.259 e. The molecule has 0 bridgehead atoms. The number of amides is 1. The number of likely N-dealkylation sites (tertiary alicyclic amines) is 1. The number of benzene rings is 1. The summed E-state index contributed by atoms with van der Waals surface area (Å²) in [4.78, 5) is 30.2. The zero-order valence-electron chi connectivity index (χ0n) is 13.5. The lowest BCUT2D eigenvalue weighted by atomic mass is 9.98. The summed E-state index contributed by atoms with van der Waals surface area (Å²) in [7, 11) is 0. The molecule has 1 amide bonds. The first-order valence-electron chi connectivity index (χ1n) is 8.32. The van der Waals surface area contributed by atoms with E-state index in [9.17, 15) is 14.0 Å². The minimum atomic E-state index is -0.475. The molecule has 126 valence electrons. The minimum Gasteiger partial charge on any atom is -0.360 e. The number of aromatic amines is 1. The van der Waals surface area contributed by atoms with E-state index >= 15 is 0 Å². The molecule has 4 rings (SSSR count). The molecule has 2 heterocycles. The van der Waals surface area contributed by atoms with Crippen LogP contribution in [0.1, 0.15) is 28.8 Å². The van der Waals surface area contributed by atoms with E-state index in [4.69, 9.17) is 5.73 Å². The van der Waals surface area contributed by atoms with Crippen molar-refractivity contribution in [3.63, 3.8) is 0 Å². The molecule has 1 saturated heterocycles. The molecule has 2 aliphatic rings. The molecule has 1 saturated carbocycles. The van der Waals surface area contributed by atoms with E-state index in [2.05, 4.69) is 4.98 Å². The van der Waals surface area contributed by atoms with Gasteiger partial charge in [-0.1, -0.05) is 0 Å². The van der Waals surface area contributed by atoms with Gasteiger partial charge >= 0.3 is 0 Å². The molecule has 2 aromatic rings. The predicted octanol–water partition coefficient (Wildman–Crippen LogP) is 1.78. The average molecular weight is 329 g/mol. The van der Waals surface area contributed by atoms with Crippen molar-refractivity contribution in [2.45, 2.75) is 25.8 Å². The molecule has 5 nitrogen and oxygen atoms in total. The first-order valence-corrected chi connectivity index (χ1v) is 8.32. The number of nitrogens with one attached hydrogen (secondary N) is 1. The number of pyridine rings is 1. The van der Waals surface area contributed by atoms with Crippen LogP contribution in [0, 0.1) is 24.6 Å². The Morgan fingerprint density at radius 3 is 2.88 bits per heavy atom. The third-order valence-electron chi connectivity index (χ3n) is 5.58. The quantitative estimate of drug-likeness (QED) is 0.837. The van der Waals surface area contributed by atoms with Crippen molar-refractivity contribution in [3.05, 3.63) is 45.5 Å². The van der Waals surface area contributed by atoms with Gasteiger partial charge in [0.05, 0.1) is 5.52 Å². The zero-order chi connectivity index (χ0) is 17.0. The topological polar surface area (TPSA) is 79.2 Å². The molecule has 2 fully saturated rings. The van der Waals surface area contributed by atoms with Crippen LogP contribution in [0.4, 0.5) is 4.39 Å². The summed E-state index contributed by atoms with van der Waals surface area (Å²) in [6.07, 6.45) is 3.49. The molecular formula is C18H20FN3O2. The third kappa shape index (κ3) is 2.24.